The number of aliphatic carboxylic acids is 1. The second-order valence-electron chi connectivity index (χ2n) is 10.4. The van der Waals surface area contributed by atoms with E-state index >= 15 is 0 Å². The van der Waals surface area contributed by atoms with Crippen LogP contribution in [0.3, 0.4) is 0 Å². The van der Waals surface area contributed by atoms with Crippen LogP contribution in [0.15, 0.2) is 42.5 Å². The van der Waals surface area contributed by atoms with E-state index in [1.807, 2.05) is 34.6 Å². The van der Waals surface area contributed by atoms with Crippen molar-refractivity contribution in [1.82, 2.24) is 0 Å². The molecule has 8 heteroatoms. The number of carboxylic acids is 1. The summed E-state index contributed by atoms with van der Waals surface area (Å²) in [6.07, 6.45) is -4.72. The Kier molecular flexibility index (Phi) is 9.04. The molecule has 2 rings (SSSR count). The van der Waals surface area contributed by atoms with E-state index in [1.165, 1.54) is 6.07 Å². The van der Waals surface area contributed by atoms with Gasteiger partial charge in [0.1, 0.15) is 0 Å². The Labute approximate surface area is 209 Å². The second-order valence-corrected chi connectivity index (χ2v) is 10.8. The molecule has 0 spiro atoms. The average molecular weight is 512 g/mol. The van der Waals surface area contributed by atoms with Gasteiger partial charge in [-0.2, -0.15) is 13.2 Å². The van der Waals surface area contributed by atoms with E-state index in [0.29, 0.717) is 5.56 Å². The Morgan fingerprint density at radius 2 is 1.51 bits per heavy atom. The molecule has 35 heavy (non-hydrogen) atoms. The fraction of sp³-hybridized carbons (Fsp3) is 0.481. The maximum atomic E-state index is 13.8. The van der Waals surface area contributed by atoms with Crippen LogP contribution in [0, 0.1) is 11.8 Å². The Morgan fingerprint density at radius 1 is 0.971 bits per heavy atom. The molecule has 192 valence electrons. The van der Waals surface area contributed by atoms with Crippen molar-refractivity contribution in [2.75, 3.05) is 5.32 Å². The zero-order valence-electron chi connectivity index (χ0n) is 20.8. The molecule has 0 aliphatic carbocycles. The van der Waals surface area contributed by atoms with Crippen LogP contribution in [0.5, 0.6) is 0 Å². The fourth-order valence-corrected chi connectivity index (χ4v) is 4.22. The van der Waals surface area contributed by atoms with Crippen molar-refractivity contribution in [3.05, 3.63) is 64.2 Å². The SMILES string of the molecule is CC(C)C(CC(=O)O)c1ccc(Cl)c(NC(=O)[C@H](c2ccc(C(C)(C)C)cc2)[C@@H](C)C(F)(F)F)c1. The highest BCUT2D eigenvalue weighted by Gasteiger charge is 2.45. The summed E-state index contributed by atoms with van der Waals surface area (Å²) in [4.78, 5) is 24.6. The Morgan fingerprint density at radius 3 is 1.97 bits per heavy atom. The third kappa shape index (κ3) is 7.47. The molecular weight excluding hydrogens is 479 g/mol. The van der Waals surface area contributed by atoms with Gasteiger partial charge in [0, 0.05) is 0 Å². The van der Waals surface area contributed by atoms with Crippen LogP contribution in [-0.2, 0) is 15.0 Å². The molecule has 1 unspecified atom stereocenters. The van der Waals surface area contributed by atoms with E-state index in [-0.39, 0.29) is 39.9 Å². The smallest absolute Gasteiger partial charge is 0.392 e. The molecular formula is C27H33ClF3NO3. The minimum absolute atomic E-state index is 0.0184. The first kappa shape index (κ1) is 28.7. The van der Waals surface area contributed by atoms with Gasteiger partial charge in [-0.05, 0) is 46.1 Å². The maximum Gasteiger partial charge on any atom is 0.392 e. The number of rotatable bonds is 8. The zero-order valence-corrected chi connectivity index (χ0v) is 21.6. The summed E-state index contributed by atoms with van der Waals surface area (Å²) in [7, 11) is 0. The summed E-state index contributed by atoms with van der Waals surface area (Å²) in [5.74, 6) is -5.62. The van der Waals surface area contributed by atoms with E-state index < -0.39 is 29.9 Å². The summed E-state index contributed by atoms with van der Waals surface area (Å²) in [5, 5.41) is 12.0. The first-order valence-electron chi connectivity index (χ1n) is 11.5. The average Bonchev–Trinajstić information content (AvgIpc) is 2.72. The molecule has 0 saturated heterocycles. The van der Waals surface area contributed by atoms with E-state index in [4.69, 9.17) is 11.6 Å². The highest BCUT2D eigenvalue weighted by atomic mass is 35.5. The number of benzene rings is 2. The van der Waals surface area contributed by atoms with Crippen molar-refractivity contribution in [2.24, 2.45) is 11.8 Å². The van der Waals surface area contributed by atoms with Crippen LogP contribution in [0.1, 0.15) is 76.5 Å². The minimum atomic E-state index is -4.60. The number of carbonyl (C=O) groups excluding carboxylic acids is 1. The largest absolute Gasteiger partial charge is 0.481 e. The molecule has 4 nitrogen and oxygen atoms in total. The predicted molar refractivity (Wildman–Crippen MR) is 133 cm³/mol. The van der Waals surface area contributed by atoms with Gasteiger partial charge >= 0.3 is 12.1 Å². The lowest BCUT2D eigenvalue weighted by atomic mass is 9.82. The van der Waals surface area contributed by atoms with Gasteiger partial charge in [-0.15, -0.1) is 0 Å². The standard InChI is InChI=1S/C27H33ClF3NO3/c1-15(2)20(14-23(33)34)18-9-12-21(28)22(13-18)32-25(35)24(16(3)27(29,30)31)17-7-10-19(11-8-17)26(4,5)6/h7-13,15-16,20,24H,14H2,1-6H3,(H,32,35)(H,33,34)/t16-,20?,24+/m1/s1. The molecule has 1 amide bonds. The van der Waals surface area contributed by atoms with Gasteiger partial charge in [-0.25, -0.2) is 0 Å². The van der Waals surface area contributed by atoms with Crippen LogP contribution in [-0.4, -0.2) is 23.2 Å². The van der Waals surface area contributed by atoms with Gasteiger partial charge in [0.05, 0.1) is 29.0 Å². The number of alkyl halides is 3. The highest BCUT2D eigenvalue weighted by Crippen LogP contribution is 2.40. The lowest BCUT2D eigenvalue weighted by molar-refractivity contribution is -0.178. The summed E-state index contributed by atoms with van der Waals surface area (Å²) in [6, 6.07) is 11.3. The summed E-state index contributed by atoms with van der Waals surface area (Å²) >= 11 is 6.27. The predicted octanol–water partition coefficient (Wildman–Crippen LogP) is 7.77. The van der Waals surface area contributed by atoms with E-state index in [9.17, 15) is 27.9 Å². The normalized spacial score (nSPS) is 14.9. The molecule has 0 aliphatic heterocycles. The third-order valence-corrected chi connectivity index (χ3v) is 6.64. The third-order valence-electron chi connectivity index (χ3n) is 6.31. The number of carbonyl (C=O) groups is 2. The van der Waals surface area contributed by atoms with Crippen molar-refractivity contribution >= 4 is 29.2 Å². The number of carboxylic acid groups (broad SMARTS) is 1. The van der Waals surface area contributed by atoms with Crippen LogP contribution >= 0.6 is 11.6 Å². The summed E-state index contributed by atoms with van der Waals surface area (Å²) in [5.41, 5.74) is 1.78. The zero-order chi connectivity index (χ0) is 26.7. The highest BCUT2D eigenvalue weighted by molar-refractivity contribution is 6.33. The maximum absolute atomic E-state index is 13.8. The molecule has 3 atom stereocenters. The Bertz CT molecular complexity index is 1040. The monoisotopic (exact) mass is 511 g/mol. The van der Waals surface area contributed by atoms with Crippen LogP contribution < -0.4 is 5.32 Å². The number of nitrogens with one attached hydrogen (secondary N) is 1. The molecule has 0 aliphatic rings. The molecule has 0 heterocycles. The van der Waals surface area contributed by atoms with Gasteiger partial charge in [-0.1, -0.05) is 83.5 Å². The van der Waals surface area contributed by atoms with Crippen molar-refractivity contribution < 1.29 is 27.9 Å². The molecule has 2 aromatic carbocycles. The van der Waals surface area contributed by atoms with Gasteiger partial charge in [-0.3, -0.25) is 9.59 Å². The topological polar surface area (TPSA) is 66.4 Å². The van der Waals surface area contributed by atoms with Crippen LogP contribution in [0.4, 0.5) is 18.9 Å². The number of amides is 1. The van der Waals surface area contributed by atoms with E-state index in [0.717, 1.165) is 12.5 Å². The lowest BCUT2D eigenvalue weighted by Crippen LogP contribution is -2.34. The Balaban J connectivity index is 2.46. The lowest BCUT2D eigenvalue weighted by Gasteiger charge is -2.27. The molecule has 0 saturated carbocycles. The van der Waals surface area contributed by atoms with Crippen molar-refractivity contribution in [1.29, 1.82) is 0 Å². The van der Waals surface area contributed by atoms with Gasteiger partial charge in [0.25, 0.3) is 0 Å². The molecule has 0 fully saturated rings. The van der Waals surface area contributed by atoms with Crippen molar-refractivity contribution in [2.45, 2.75) is 71.4 Å². The number of halogens is 4. The second kappa shape index (κ2) is 11.0. The number of hydrogen-bond donors (Lipinski definition) is 2. The van der Waals surface area contributed by atoms with Crippen molar-refractivity contribution in [3.63, 3.8) is 0 Å². The first-order valence-corrected chi connectivity index (χ1v) is 11.9. The summed E-state index contributed by atoms with van der Waals surface area (Å²) in [6.45, 7) is 10.7. The van der Waals surface area contributed by atoms with E-state index in [2.05, 4.69) is 5.32 Å². The van der Waals surface area contributed by atoms with E-state index in [1.54, 1.807) is 36.4 Å². The quantitative estimate of drug-likeness (QED) is 0.380. The van der Waals surface area contributed by atoms with Gasteiger partial charge < -0.3 is 10.4 Å². The Hall–Kier alpha value is -2.54. The summed E-state index contributed by atoms with van der Waals surface area (Å²) < 4.78 is 41.3. The fourth-order valence-electron chi connectivity index (χ4n) is 4.05. The minimum Gasteiger partial charge on any atom is -0.481 e. The van der Waals surface area contributed by atoms with Gasteiger partial charge in [0.15, 0.2) is 0 Å². The molecule has 0 radical (unpaired) electrons. The molecule has 2 N–H and O–H groups in total. The first-order chi connectivity index (χ1) is 16.0. The number of anilines is 1. The number of hydrogen-bond acceptors (Lipinski definition) is 2. The van der Waals surface area contributed by atoms with Crippen molar-refractivity contribution in [3.8, 4) is 0 Å². The molecule has 0 bridgehead atoms. The van der Waals surface area contributed by atoms with Crippen LogP contribution in [0.2, 0.25) is 5.02 Å². The molecule has 2 aromatic rings. The molecule has 0 aromatic heterocycles. The van der Waals surface area contributed by atoms with Gasteiger partial charge in [0.2, 0.25) is 5.91 Å². The van der Waals surface area contributed by atoms with Crippen LogP contribution in [0.25, 0.3) is 0 Å².